The summed E-state index contributed by atoms with van der Waals surface area (Å²) in [6.07, 6.45) is 0. The summed E-state index contributed by atoms with van der Waals surface area (Å²) in [5.74, 6) is 0.104. The van der Waals surface area contributed by atoms with E-state index in [4.69, 9.17) is 5.73 Å². The Morgan fingerprint density at radius 3 is 2.78 bits per heavy atom. The lowest BCUT2D eigenvalue weighted by atomic mass is 10.2. The van der Waals surface area contributed by atoms with Gasteiger partial charge in [0, 0.05) is 11.0 Å². The van der Waals surface area contributed by atoms with Crippen LogP contribution in [-0.2, 0) is 6.54 Å². The van der Waals surface area contributed by atoms with E-state index in [9.17, 15) is 4.79 Å². The normalized spacial score (nSPS) is 10.1. The number of nitrogens with two attached hydrogens (primary N) is 1. The van der Waals surface area contributed by atoms with Crippen LogP contribution in [-0.4, -0.2) is 10.9 Å². The fourth-order valence-electron chi connectivity index (χ4n) is 1.50. The second-order valence-electron chi connectivity index (χ2n) is 3.76. The largest absolute Gasteiger partial charge is 0.384 e. The van der Waals surface area contributed by atoms with Crippen molar-refractivity contribution in [3.63, 3.8) is 0 Å². The molecule has 1 amide bonds. The lowest BCUT2D eigenvalue weighted by molar-refractivity contribution is 0.0946. The van der Waals surface area contributed by atoms with Gasteiger partial charge in [0.05, 0.1) is 0 Å². The molecule has 3 N–H and O–H groups in total. The van der Waals surface area contributed by atoms with Crippen LogP contribution in [0.4, 0.5) is 5.82 Å². The zero-order valence-electron chi connectivity index (χ0n) is 9.56. The van der Waals surface area contributed by atoms with Gasteiger partial charge >= 0.3 is 0 Å². The van der Waals surface area contributed by atoms with Crippen LogP contribution in [0.2, 0.25) is 0 Å². The third-order valence-electron chi connectivity index (χ3n) is 2.35. The van der Waals surface area contributed by atoms with Crippen molar-refractivity contribution in [2.75, 3.05) is 5.73 Å². The van der Waals surface area contributed by atoms with E-state index in [2.05, 4.69) is 26.2 Å². The lowest BCUT2D eigenvalue weighted by Gasteiger charge is -2.05. The predicted octanol–water partition coefficient (Wildman–Crippen LogP) is 2.36. The van der Waals surface area contributed by atoms with E-state index in [-0.39, 0.29) is 5.91 Å². The number of carbonyl (C=O) groups excluding carboxylic acids is 1. The number of amides is 1. The Morgan fingerprint density at radius 2 is 2.06 bits per heavy atom. The monoisotopic (exact) mass is 305 g/mol. The molecule has 0 saturated carbocycles. The molecule has 2 rings (SSSR count). The number of aromatic nitrogens is 1. The molecule has 0 radical (unpaired) electrons. The van der Waals surface area contributed by atoms with Gasteiger partial charge in [0.1, 0.15) is 11.5 Å². The van der Waals surface area contributed by atoms with E-state index in [1.807, 2.05) is 24.3 Å². The molecule has 0 fully saturated rings. The molecule has 18 heavy (non-hydrogen) atoms. The maximum atomic E-state index is 11.8. The van der Waals surface area contributed by atoms with E-state index in [0.29, 0.717) is 18.1 Å². The van der Waals surface area contributed by atoms with Crippen molar-refractivity contribution in [3.05, 3.63) is 58.2 Å². The summed E-state index contributed by atoms with van der Waals surface area (Å²) in [5, 5.41) is 2.79. The van der Waals surface area contributed by atoms with Gasteiger partial charge in [0.15, 0.2) is 0 Å². The smallest absolute Gasteiger partial charge is 0.270 e. The highest BCUT2D eigenvalue weighted by Gasteiger charge is 2.06. The molecule has 4 nitrogen and oxygen atoms in total. The van der Waals surface area contributed by atoms with Crippen LogP contribution in [0.5, 0.6) is 0 Å². The number of hydrogen-bond donors (Lipinski definition) is 2. The first-order chi connectivity index (χ1) is 8.65. The van der Waals surface area contributed by atoms with Crippen LogP contribution in [0.25, 0.3) is 0 Å². The van der Waals surface area contributed by atoms with Gasteiger partial charge in [0.2, 0.25) is 0 Å². The summed E-state index contributed by atoms with van der Waals surface area (Å²) in [7, 11) is 0. The Labute approximate surface area is 113 Å². The lowest BCUT2D eigenvalue weighted by Crippen LogP contribution is -2.24. The molecular formula is C13H12BrN3O. The highest BCUT2D eigenvalue weighted by atomic mass is 79.9. The zero-order chi connectivity index (χ0) is 13.0. The van der Waals surface area contributed by atoms with E-state index < -0.39 is 0 Å². The molecule has 0 aliphatic heterocycles. The summed E-state index contributed by atoms with van der Waals surface area (Å²) in [6.45, 7) is 0.453. The topological polar surface area (TPSA) is 68.0 Å². The van der Waals surface area contributed by atoms with Gasteiger partial charge in [-0.25, -0.2) is 4.98 Å². The molecule has 0 aliphatic rings. The molecule has 2 aromatic rings. The molecule has 1 aromatic heterocycles. The number of nitrogens with zero attached hydrogens (tertiary/aromatic N) is 1. The number of benzene rings is 1. The van der Waals surface area contributed by atoms with Crippen molar-refractivity contribution in [3.8, 4) is 0 Å². The highest BCUT2D eigenvalue weighted by Crippen LogP contribution is 2.11. The minimum atomic E-state index is -0.234. The first kappa shape index (κ1) is 12.6. The fraction of sp³-hybridized carbons (Fsp3) is 0.0769. The Kier molecular flexibility index (Phi) is 3.94. The number of nitrogens with one attached hydrogen (secondary N) is 1. The Balaban J connectivity index is 2.00. The van der Waals surface area contributed by atoms with Crippen molar-refractivity contribution in [2.24, 2.45) is 0 Å². The van der Waals surface area contributed by atoms with E-state index in [1.54, 1.807) is 18.2 Å². The van der Waals surface area contributed by atoms with E-state index >= 15 is 0 Å². The first-order valence-corrected chi connectivity index (χ1v) is 6.19. The van der Waals surface area contributed by atoms with E-state index in [1.165, 1.54) is 0 Å². The number of rotatable bonds is 3. The van der Waals surface area contributed by atoms with Crippen LogP contribution in [0.1, 0.15) is 16.1 Å². The number of carbonyl (C=O) groups is 1. The Bertz CT molecular complexity index is 572. The second-order valence-corrected chi connectivity index (χ2v) is 4.68. The zero-order valence-corrected chi connectivity index (χ0v) is 11.1. The van der Waals surface area contributed by atoms with Crippen LogP contribution in [0.15, 0.2) is 46.9 Å². The van der Waals surface area contributed by atoms with Gasteiger partial charge in [-0.15, -0.1) is 0 Å². The molecule has 0 atom stereocenters. The van der Waals surface area contributed by atoms with Crippen LogP contribution in [0.3, 0.4) is 0 Å². The predicted molar refractivity (Wildman–Crippen MR) is 74.0 cm³/mol. The average Bonchev–Trinajstić information content (AvgIpc) is 2.36. The molecule has 1 heterocycles. The van der Waals surface area contributed by atoms with Gasteiger partial charge in [-0.2, -0.15) is 0 Å². The third kappa shape index (κ3) is 3.30. The van der Waals surface area contributed by atoms with Gasteiger partial charge in [-0.3, -0.25) is 4.79 Å². The minimum Gasteiger partial charge on any atom is -0.384 e. The summed E-state index contributed by atoms with van der Waals surface area (Å²) in [5.41, 5.74) is 6.87. The number of anilines is 1. The molecule has 0 unspecified atom stereocenters. The maximum Gasteiger partial charge on any atom is 0.270 e. The first-order valence-electron chi connectivity index (χ1n) is 5.40. The summed E-state index contributed by atoms with van der Waals surface area (Å²) >= 11 is 3.38. The van der Waals surface area contributed by atoms with Gasteiger partial charge in [-0.1, -0.05) is 34.1 Å². The second kappa shape index (κ2) is 5.64. The van der Waals surface area contributed by atoms with E-state index in [0.717, 1.165) is 10.0 Å². The molecule has 0 saturated heterocycles. The van der Waals surface area contributed by atoms with Crippen molar-refractivity contribution in [2.45, 2.75) is 6.54 Å². The van der Waals surface area contributed by atoms with Gasteiger partial charge in [0.25, 0.3) is 5.91 Å². The van der Waals surface area contributed by atoms with Crippen molar-refractivity contribution in [1.29, 1.82) is 0 Å². The maximum absolute atomic E-state index is 11.8. The van der Waals surface area contributed by atoms with Crippen molar-refractivity contribution in [1.82, 2.24) is 10.3 Å². The number of halogens is 1. The quantitative estimate of drug-likeness (QED) is 0.914. The Hall–Kier alpha value is -1.88. The minimum absolute atomic E-state index is 0.234. The van der Waals surface area contributed by atoms with Crippen molar-refractivity contribution >= 4 is 27.7 Å². The molecule has 0 bridgehead atoms. The summed E-state index contributed by atoms with van der Waals surface area (Å²) in [6, 6.07) is 12.7. The molecule has 0 spiro atoms. The van der Waals surface area contributed by atoms with Gasteiger partial charge < -0.3 is 11.1 Å². The number of nitrogen functional groups attached to an aromatic ring is 1. The summed E-state index contributed by atoms with van der Waals surface area (Å²) in [4.78, 5) is 15.8. The average molecular weight is 306 g/mol. The van der Waals surface area contributed by atoms with Crippen LogP contribution in [0, 0.1) is 0 Å². The number of pyridine rings is 1. The molecular weight excluding hydrogens is 294 g/mol. The standard InChI is InChI=1S/C13H12BrN3O/c14-10-4-1-3-9(7-10)8-16-13(18)11-5-2-6-12(15)17-11/h1-7H,8H2,(H2,15,17)(H,16,18). The molecule has 92 valence electrons. The van der Waals surface area contributed by atoms with Crippen LogP contribution >= 0.6 is 15.9 Å². The number of hydrogen-bond acceptors (Lipinski definition) is 3. The molecule has 5 heteroatoms. The molecule has 1 aromatic carbocycles. The van der Waals surface area contributed by atoms with Crippen molar-refractivity contribution < 1.29 is 4.79 Å². The third-order valence-corrected chi connectivity index (χ3v) is 2.84. The highest BCUT2D eigenvalue weighted by molar-refractivity contribution is 9.10. The SMILES string of the molecule is Nc1cccc(C(=O)NCc2cccc(Br)c2)n1. The van der Waals surface area contributed by atoms with Crippen LogP contribution < -0.4 is 11.1 Å². The molecule has 0 aliphatic carbocycles. The Morgan fingerprint density at radius 1 is 1.28 bits per heavy atom. The summed E-state index contributed by atoms with van der Waals surface area (Å²) < 4.78 is 0.983. The fourth-order valence-corrected chi connectivity index (χ4v) is 1.94. The van der Waals surface area contributed by atoms with Gasteiger partial charge in [-0.05, 0) is 29.8 Å².